The van der Waals surface area contributed by atoms with Crippen LogP contribution in [0.1, 0.15) is 83.2 Å². The van der Waals surface area contributed by atoms with Crippen molar-refractivity contribution in [1.29, 1.82) is 0 Å². The van der Waals surface area contributed by atoms with Gasteiger partial charge in [0.1, 0.15) is 0 Å². The lowest BCUT2D eigenvalue weighted by Crippen LogP contribution is -3.00. The van der Waals surface area contributed by atoms with Crippen LogP contribution in [0.3, 0.4) is 0 Å². The van der Waals surface area contributed by atoms with E-state index in [0.29, 0.717) is 35.3 Å². The summed E-state index contributed by atoms with van der Waals surface area (Å²) >= 11 is 0. The average molecular weight is 801 g/mol. The second-order valence-electron chi connectivity index (χ2n) is 12.5. The van der Waals surface area contributed by atoms with Gasteiger partial charge in [-0.15, -0.1) is 0 Å². The Morgan fingerprint density at radius 2 is 0.952 bits per heavy atom. The summed E-state index contributed by atoms with van der Waals surface area (Å²) in [6.07, 6.45) is 8.13. The highest BCUT2D eigenvalue weighted by molar-refractivity contribution is 6.29. The molecule has 0 spiro atoms. The van der Waals surface area contributed by atoms with E-state index in [4.69, 9.17) is 0 Å². The summed E-state index contributed by atoms with van der Waals surface area (Å²) in [5.41, 5.74) is 2.23. The van der Waals surface area contributed by atoms with Gasteiger partial charge in [-0.3, -0.25) is 19.2 Å². The van der Waals surface area contributed by atoms with E-state index in [1.165, 1.54) is 38.5 Å². The summed E-state index contributed by atoms with van der Waals surface area (Å²) in [4.78, 5) is 52.1. The topological polar surface area (TPSA) is 92.3 Å². The van der Waals surface area contributed by atoms with Crippen molar-refractivity contribution in [2.45, 2.75) is 51.4 Å². The number of nitrogens with zero attached hydrogens (tertiary/aromatic N) is 2. The minimum atomic E-state index is -0.283. The molecular weight excluding hydrogens is 758 g/mol. The molecule has 0 atom stereocenters. The van der Waals surface area contributed by atoms with Crippen LogP contribution >= 0.6 is 0 Å². The number of hydrogen-bond acceptors (Lipinski definition) is 4. The number of likely N-dealkylation sites (tertiary alicyclic amines) is 2. The second-order valence-corrected chi connectivity index (χ2v) is 12.5. The molecule has 8 nitrogen and oxygen atoms in total. The van der Waals surface area contributed by atoms with Crippen LogP contribution in [0.5, 0.6) is 0 Å². The first-order chi connectivity index (χ1) is 19.1. The van der Waals surface area contributed by atoms with Gasteiger partial charge in [0.2, 0.25) is 11.8 Å². The molecule has 5 rings (SSSR count). The lowest BCUT2D eigenvalue weighted by molar-refractivity contribution is -0.913. The van der Waals surface area contributed by atoms with Gasteiger partial charge in [0.25, 0.3) is 0 Å². The van der Waals surface area contributed by atoms with Crippen LogP contribution in [0.4, 0.5) is 11.4 Å². The number of amides is 2. The Labute approximate surface area is 283 Å². The largest absolute Gasteiger partial charge is 1.00 e. The van der Waals surface area contributed by atoms with E-state index >= 15 is 0 Å². The van der Waals surface area contributed by atoms with Crippen LogP contribution < -0.4 is 58.6 Å². The molecule has 42 heavy (non-hydrogen) atoms. The molecule has 0 aromatic heterocycles. The first-order valence-electron chi connectivity index (χ1n) is 14.8. The summed E-state index contributed by atoms with van der Waals surface area (Å²) < 4.78 is 1.83. The van der Waals surface area contributed by atoms with E-state index in [0.717, 1.165) is 48.2 Å². The van der Waals surface area contributed by atoms with Gasteiger partial charge in [0.05, 0.1) is 66.2 Å². The molecule has 0 bridgehead atoms. The molecule has 2 N–H and O–H groups in total. The number of piperidine rings is 2. The predicted molar refractivity (Wildman–Crippen MR) is 156 cm³/mol. The zero-order valence-corrected chi connectivity index (χ0v) is 29.0. The molecule has 2 aromatic rings. The third-order valence-electron chi connectivity index (χ3n) is 9.13. The van der Waals surface area contributed by atoms with Crippen LogP contribution in [0, 0.1) is 0 Å². The van der Waals surface area contributed by atoms with Crippen molar-refractivity contribution in [2.75, 3.05) is 64.0 Å². The van der Waals surface area contributed by atoms with E-state index in [2.05, 4.69) is 24.7 Å². The zero-order chi connectivity index (χ0) is 28.3. The summed E-state index contributed by atoms with van der Waals surface area (Å²) in [5.74, 6) is -0.698. The van der Waals surface area contributed by atoms with Crippen molar-refractivity contribution in [3.8, 4) is 0 Å². The number of benzene rings is 2. The first-order valence-corrected chi connectivity index (χ1v) is 14.8. The van der Waals surface area contributed by atoms with E-state index in [-0.39, 0.29) is 82.5 Å². The van der Waals surface area contributed by atoms with Gasteiger partial charge in [-0.2, -0.15) is 0 Å². The van der Waals surface area contributed by atoms with E-state index < -0.39 is 0 Å². The Bertz CT molecular complexity index is 1240. The molecule has 2 fully saturated rings. The molecule has 2 saturated heterocycles. The third kappa shape index (κ3) is 8.17. The SMILES string of the molecule is C[N+]1(CCC(=O)Nc2ccc3c(c2)C(=O)c2cc(NC(=O)CC[N+]4(C)CCCCC4)ccc2C3=O)CCCCC1.[I-].[I-]. The van der Waals surface area contributed by atoms with E-state index in [9.17, 15) is 19.2 Å². The maximum absolute atomic E-state index is 13.5. The molecule has 0 saturated carbocycles. The molecule has 10 heteroatoms. The van der Waals surface area contributed by atoms with Gasteiger partial charge in [-0.25, -0.2) is 0 Å². The molecule has 0 radical (unpaired) electrons. The smallest absolute Gasteiger partial charge is 0.230 e. The van der Waals surface area contributed by atoms with Gasteiger partial charge in [-0.05, 0) is 74.9 Å². The normalized spacial score (nSPS) is 18.4. The van der Waals surface area contributed by atoms with Crippen molar-refractivity contribution in [2.24, 2.45) is 0 Å². The predicted octanol–water partition coefficient (Wildman–Crippen LogP) is -1.61. The number of fused-ring (bicyclic) bond motifs is 2. The van der Waals surface area contributed by atoms with Crippen LogP contribution in [0.25, 0.3) is 0 Å². The Morgan fingerprint density at radius 3 is 1.33 bits per heavy atom. The summed E-state index contributed by atoms with van der Waals surface area (Å²) in [7, 11) is 4.42. The number of quaternary nitrogens is 2. The average Bonchev–Trinajstić information content (AvgIpc) is 2.95. The number of ketones is 2. The molecule has 228 valence electrons. The second kappa shape index (κ2) is 14.7. The molecule has 3 aliphatic rings. The van der Waals surface area contributed by atoms with Crippen LogP contribution in [0.2, 0.25) is 0 Å². The van der Waals surface area contributed by atoms with Crippen molar-refractivity contribution in [1.82, 2.24) is 0 Å². The summed E-state index contributed by atoms with van der Waals surface area (Å²) in [6, 6.07) is 9.80. The van der Waals surface area contributed by atoms with E-state index in [1.54, 1.807) is 36.4 Å². The van der Waals surface area contributed by atoms with Crippen molar-refractivity contribution >= 4 is 34.8 Å². The Morgan fingerprint density at radius 1 is 0.595 bits per heavy atom. The van der Waals surface area contributed by atoms with Crippen molar-refractivity contribution in [3.63, 3.8) is 0 Å². The van der Waals surface area contributed by atoms with Crippen molar-refractivity contribution in [3.05, 3.63) is 58.7 Å². The Kier molecular flexibility index (Phi) is 12.1. The number of anilines is 2. The van der Waals surface area contributed by atoms with Gasteiger partial charge in [0, 0.05) is 33.6 Å². The number of carbonyl (C=O) groups excluding carboxylic acids is 4. The quantitative estimate of drug-likeness (QED) is 0.212. The van der Waals surface area contributed by atoms with Crippen LogP contribution in [0.15, 0.2) is 36.4 Å². The lowest BCUT2D eigenvalue weighted by atomic mass is 9.83. The molecule has 1 aliphatic carbocycles. The third-order valence-corrected chi connectivity index (χ3v) is 9.13. The fourth-order valence-corrected chi connectivity index (χ4v) is 6.49. The monoisotopic (exact) mass is 800 g/mol. The van der Waals surface area contributed by atoms with Gasteiger partial charge in [0.15, 0.2) is 11.6 Å². The summed E-state index contributed by atoms with van der Waals surface area (Å²) in [6.45, 7) is 5.97. The van der Waals surface area contributed by atoms with Gasteiger partial charge >= 0.3 is 0 Å². The van der Waals surface area contributed by atoms with Gasteiger partial charge < -0.3 is 67.6 Å². The zero-order valence-electron chi connectivity index (χ0n) is 24.6. The standard InChI is InChI=1S/C32H40N4O4.2HI/c1-35(15-5-3-6-16-35)19-13-29(37)33-23-9-11-25-27(21-23)32(40)28-22-24(10-12-26(28)31(25)39)34-30(38)14-20-36(2)17-7-4-8-18-36;;/h9-12,21-22H,3-8,13-20H2,1-2H3;2*1H. The fourth-order valence-electron chi connectivity index (χ4n) is 6.49. The molecule has 2 amide bonds. The number of nitrogens with one attached hydrogen (secondary N) is 2. The number of rotatable bonds is 8. The van der Waals surface area contributed by atoms with Gasteiger partial charge in [-0.1, -0.05) is 0 Å². The summed E-state index contributed by atoms with van der Waals surface area (Å²) in [5, 5.41) is 5.84. The first kappa shape index (κ1) is 34.6. The minimum Gasteiger partial charge on any atom is -1.00 e. The molecule has 2 heterocycles. The Balaban J connectivity index is 0.00000242. The van der Waals surface area contributed by atoms with Crippen molar-refractivity contribution < 1.29 is 76.1 Å². The molecule has 2 aromatic carbocycles. The maximum Gasteiger partial charge on any atom is 0.230 e. The van der Waals surface area contributed by atoms with Crippen LogP contribution in [-0.2, 0) is 9.59 Å². The molecular formula is C32H42I2N4O4. The number of halogens is 2. The van der Waals surface area contributed by atoms with E-state index in [1.807, 2.05) is 0 Å². The highest BCUT2D eigenvalue weighted by Crippen LogP contribution is 2.31. The highest BCUT2D eigenvalue weighted by atomic mass is 127. The number of hydrogen-bond donors (Lipinski definition) is 2. The highest BCUT2D eigenvalue weighted by Gasteiger charge is 2.31. The number of carbonyl (C=O) groups is 4. The lowest BCUT2D eigenvalue weighted by Gasteiger charge is -2.37. The maximum atomic E-state index is 13.5. The Hall–Kier alpha value is -1.90. The molecule has 0 unspecified atom stereocenters. The molecule has 2 aliphatic heterocycles. The van der Waals surface area contributed by atoms with Crippen LogP contribution in [-0.4, -0.2) is 85.7 Å². The fraction of sp³-hybridized carbons (Fsp3) is 0.500. The minimum absolute atomic E-state index is 0.